The fourth-order valence-corrected chi connectivity index (χ4v) is 5.05. The van der Waals surface area contributed by atoms with E-state index in [0.717, 1.165) is 31.4 Å². The second-order valence-electron chi connectivity index (χ2n) is 10.6. The molecule has 4 rings (SSSR count). The summed E-state index contributed by atoms with van der Waals surface area (Å²) in [6.45, 7) is 10.2. The Morgan fingerprint density at radius 1 is 1.17 bits per heavy atom. The average molecular weight is 565 g/mol. The van der Waals surface area contributed by atoms with Gasteiger partial charge in [-0.15, -0.1) is 0 Å². The molecule has 0 bridgehead atoms. The first-order valence-electron chi connectivity index (χ1n) is 14.0. The van der Waals surface area contributed by atoms with E-state index < -0.39 is 6.10 Å². The Kier molecular flexibility index (Phi) is 10.3. The minimum absolute atomic E-state index is 0.0343. The Balaban J connectivity index is 1.21. The molecule has 0 unspecified atom stereocenters. The molecule has 2 aliphatic rings. The maximum absolute atomic E-state index is 12.8. The number of allylic oxidation sites excluding steroid dienone is 1. The SMILES string of the molecule is C=NC(C)=C(O)COc1ccc2c(c1)CCN(C[C@@H](O)CNC(=O)c1ccnc(NC3CCN(C(C)=O)CC3)c1)C2. The van der Waals surface area contributed by atoms with Crippen LogP contribution in [0.5, 0.6) is 5.75 Å². The molecule has 1 saturated heterocycles. The van der Waals surface area contributed by atoms with Crippen LogP contribution in [0.1, 0.15) is 48.2 Å². The molecule has 2 aromatic rings. The first-order valence-corrected chi connectivity index (χ1v) is 14.0. The summed E-state index contributed by atoms with van der Waals surface area (Å²) in [5.41, 5.74) is 3.25. The highest BCUT2D eigenvalue weighted by molar-refractivity contribution is 5.94. The highest BCUT2D eigenvalue weighted by Gasteiger charge is 2.22. The van der Waals surface area contributed by atoms with Gasteiger partial charge in [0.15, 0.2) is 5.76 Å². The number of carbonyl (C=O) groups is 2. The number of nitrogens with zero attached hydrogens (tertiary/aromatic N) is 4. The van der Waals surface area contributed by atoms with E-state index in [0.29, 0.717) is 49.0 Å². The largest absolute Gasteiger partial charge is 0.507 e. The van der Waals surface area contributed by atoms with Gasteiger partial charge in [-0.25, -0.2) is 4.98 Å². The molecule has 0 saturated carbocycles. The second-order valence-corrected chi connectivity index (χ2v) is 10.6. The average Bonchev–Trinajstić information content (AvgIpc) is 2.98. The molecule has 2 amide bonds. The van der Waals surface area contributed by atoms with Crippen LogP contribution < -0.4 is 15.4 Å². The summed E-state index contributed by atoms with van der Waals surface area (Å²) in [4.78, 5) is 36.4. The van der Waals surface area contributed by atoms with Crippen LogP contribution in [-0.2, 0) is 17.8 Å². The van der Waals surface area contributed by atoms with Gasteiger partial charge >= 0.3 is 0 Å². The van der Waals surface area contributed by atoms with Crippen molar-refractivity contribution in [2.24, 2.45) is 4.99 Å². The number of rotatable bonds is 11. The molecule has 4 N–H and O–H groups in total. The van der Waals surface area contributed by atoms with E-state index in [1.807, 2.05) is 23.1 Å². The van der Waals surface area contributed by atoms with Crippen molar-refractivity contribution >= 4 is 24.3 Å². The van der Waals surface area contributed by atoms with Crippen LogP contribution in [0.2, 0.25) is 0 Å². The molecule has 11 heteroatoms. The van der Waals surface area contributed by atoms with Gasteiger partial charge in [0.25, 0.3) is 5.91 Å². The zero-order valence-corrected chi connectivity index (χ0v) is 23.8. The lowest BCUT2D eigenvalue weighted by Gasteiger charge is -2.32. The van der Waals surface area contributed by atoms with Gasteiger partial charge in [0.2, 0.25) is 5.91 Å². The Morgan fingerprint density at radius 3 is 2.68 bits per heavy atom. The molecule has 1 fully saturated rings. The number of amides is 2. The molecule has 11 nitrogen and oxygen atoms in total. The fourth-order valence-electron chi connectivity index (χ4n) is 5.05. The van der Waals surface area contributed by atoms with Crippen LogP contribution in [0.3, 0.4) is 0 Å². The number of carbonyl (C=O) groups excluding carboxylic acids is 2. The predicted molar refractivity (Wildman–Crippen MR) is 157 cm³/mol. The predicted octanol–water partition coefficient (Wildman–Crippen LogP) is 2.52. The number of aliphatic imine (C=N–C) groups is 1. The second kappa shape index (κ2) is 14.1. The van der Waals surface area contributed by atoms with Crippen molar-refractivity contribution < 1.29 is 24.5 Å². The molecule has 0 aliphatic carbocycles. The molecular weight excluding hydrogens is 524 g/mol. The number of hydrogen-bond donors (Lipinski definition) is 4. The molecule has 1 aromatic carbocycles. The molecule has 1 atom stereocenters. The third-order valence-corrected chi connectivity index (χ3v) is 7.58. The first-order chi connectivity index (χ1) is 19.7. The minimum atomic E-state index is -0.717. The monoisotopic (exact) mass is 564 g/mol. The molecule has 2 aliphatic heterocycles. The van der Waals surface area contributed by atoms with Crippen LogP contribution in [-0.4, -0.2) is 95.0 Å². The first kappa shape index (κ1) is 30.0. The fraction of sp³-hybridized carbons (Fsp3) is 0.467. The number of pyridine rings is 1. The van der Waals surface area contributed by atoms with E-state index in [2.05, 4.69) is 32.2 Å². The summed E-state index contributed by atoms with van der Waals surface area (Å²) in [6.07, 6.45) is 3.34. The zero-order valence-electron chi connectivity index (χ0n) is 23.8. The summed E-state index contributed by atoms with van der Waals surface area (Å²) < 4.78 is 5.69. The number of likely N-dealkylation sites (tertiary alicyclic amines) is 1. The van der Waals surface area contributed by atoms with Gasteiger partial charge in [-0.2, -0.15) is 0 Å². The number of aliphatic hydroxyl groups excluding tert-OH is 2. The van der Waals surface area contributed by atoms with Gasteiger partial charge in [-0.3, -0.25) is 19.5 Å². The minimum Gasteiger partial charge on any atom is -0.507 e. The van der Waals surface area contributed by atoms with Crippen molar-refractivity contribution in [2.75, 3.05) is 44.6 Å². The van der Waals surface area contributed by atoms with Crippen molar-refractivity contribution in [3.63, 3.8) is 0 Å². The topological polar surface area (TPSA) is 140 Å². The zero-order chi connectivity index (χ0) is 29.4. The molecule has 220 valence electrons. The van der Waals surface area contributed by atoms with Crippen LogP contribution in [0, 0.1) is 0 Å². The molecular formula is C30H40N6O5. The number of benzene rings is 1. The third kappa shape index (κ3) is 8.51. The van der Waals surface area contributed by atoms with Crippen molar-refractivity contribution in [3.05, 3.63) is 64.7 Å². The quantitative estimate of drug-likeness (QED) is 0.241. The summed E-state index contributed by atoms with van der Waals surface area (Å²) in [5, 5.41) is 26.8. The molecule has 41 heavy (non-hydrogen) atoms. The maximum Gasteiger partial charge on any atom is 0.251 e. The lowest BCUT2D eigenvalue weighted by molar-refractivity contribution is -0.129. The lowest BCUT2D eigenvalue weighted by atomic mass is 9.99. The lowest BCUT2D eigenvalue weighted by Crippen LogP contribution is -2.42. The van der Waals surface area contributed by atoms with Crippen molar-refractivity contribution in [3.8, 4) is 5.75 Å². The van der Waals surface area contributed by atoms with Gasteiger partial charge < -0.3 is 30.5 Å². The van der Waals surface area contributed by atoms with Gasteiger partial charge in [0.05, 0.1) is 11.8 Å². The van der Waals surface area contributed by atoms with E-state index in [-0.39, 0.29) is 36.8 Å². The Bertz CT molecular complexity index is 1270. The summed E-state index contributed by atoms with van der Waals surface area (Å²) in [6, 6.07) is 9.43. The van der Waals surface area contributed by atoms with E-state index in [1.54, 1.807) is 32.2 Å². The number of ether oxygens (including phenoxy) is 1. The molecule has 3 heterocycles. The number of nitrogens with one attached hydrogen (secondary N) is 2. The number of piperidine rings is 1. The number of β-amino-alcohol motifs (C(OH)–C–C–N with tert-alkyl or cyclic N) is 1. The van der Waals surface area contributed by atoms with E-state index in [1.165, 1.54) is 5.56 Å². The van der Waals surface area contributed by atoms with Crippen LogP contribution in [0.4, 0.5) is 5.82 Å². The van der Waals surface area contributed by atoms with Crippen molar-refractivity contribution in [2.45, 2.75) is 51.8 Å². The third-order valence-electron chi connectivity index (χ3n) is 7.58. The number of anilines is 1. The molecule has 0 radical (unpaired) electrons. The smallest absolute Gasteiger partial charge is 0.251 e. The molecule has 1 aromatic heterocycles. The van der Waals surface area contributed by atoms with Crippen molar-refractivity contribution in [1.29, 1.82) is 0 Å². The Morgan fingerprint density at radius 2 is 1.95 bits per heavy atom. The van der Waals surface area contributed by atoms with E-state index >= 15 is 0 Å². The van der Waals surface area contributed by atoms with E-state index in [4.69, 9.17) is 4.74 Å². The highest BCUT2D eigenvalue weighted by Crippen LogP contribution is 2.24. The summed E-state index contributed by atoms with van der Waals surface area (Å²) >= 11 is 0. The standard InChI is InChI=1S/C30H40N6O5/c1-20(31-3)28(39)19-41-27-5-4-24-17-35(11-7-22(24)14-27)18-26(38)16-33-30(40)23-6-10-32-29(15-23)34-25-8-12-36(13-9-25)21(2)37/h4-6,10,14-15,25-26,38-39H,3,7-9,11-13,16-19H2,1-2H3,(H,32,34)(H,33,40)/t26-/m0/s1. The number of aliphatic hydroxyl groups is 2. The number of fused-ring (bicyclic) bond motifs is 1. The summed E-state index contributed by atoms with van der Waals surface area (Å²) in [5.74, 6) is 1.18. The molecule has 0 spiro atoms. The van der Waals surface area contributed by atoms with Crippen LogP contribution in [0.25, 0.3) is 0 Å². The van der Waals surface area contributed by atoms with Gasteiger partial charge in [0, 0.05) is 64.0 Å². The van der Waals surface area contributed by atoms with Gasteiger partial charge in [0.1, 0.15) is 18.2 Å². The van der Waals surface area contributed by atoms with Crippen LogP contribution >= 0.6 is 0 Å². The number of hydrogen-bond acceptors (Lipinski definition) is 9. The van der Waals surface area contributed by atoms with Gasteiger partial charge in [-0.05, 0) is 68.3 Å². The Hall–Kier alpha value is -3.96. The highest BCUT2D eigenvalue weighted by atomic mass is 16.5. The summed E-state index contributed by atoms with van der Waals surface area (Å²) in [7, 11) is 0. The van der Waals surface area contributed by atoms with Crippen molar-refractivity contribution in [1.82, 2.24) is 20.1 Å². The maximum atomic E-state index is 12.8. The number of aromatic nitrogens is 1. The normalized spacial score (nSPS) is 17.2. The van der Waals surface area contributed by atoms with Gasteiger partial charge in [-0.1, -0.05) is 6.07 Å². The van der Waals surface area contributed by atoms with E-state index in [9.17, 15) is 19.8 Å². The van der Waals surface area contributed by atoms with Crippen LogP contribution in [0.15, 0.2) is 53.0 Å². The Labute approximate surface area is 240 Å².